The first-order chi connectivity index (χ1) is 7.95. The topological polar surface area (TPSA) is 12.4 Å². The Kier molecular flexibility index (Phi) is 2.30. The predicted octanol–water partition coefficient (Wildman–Crippen LogP) is 3.25. The van der Waals surface area contributed by atoms with Crippen LogP contribution in [-0.4, -0.2) is 12.8 Å². The highest BCUT2D eigenvalue weighted by Gasteiger charge is 2.18. The number of hydrogen-bond donors (Lipinski definition) is 0. The van der Waals surface area contributed by atoms with Gasteiger partial charge < -0.3 is 0 Å². The van der Waals surface area contributed by atoms with Crippen LogP contribution in [-0.2, 0) is 0 Å². The molecule has 0 bridgehead atoms. The molecule has 1 aliphatic heterocycles. The van der Waals surface area contributed by atoms with Gasteiger partial charge in [-0.1, -0.05) is 54.6 Å². The maximum absolute atomic E-state index is 4.45. The molecule has 1 atom stereocenters. The fraction of sp³-hybridized carbons (Fsp3) is 0.133. The van der Waals surface area contributed by atoms with E-state index in [9.17, 15) is 0 Å². The summed E-state index contributed by atoms with van der Waals surface area (Å²) < 4.78 is 0. The molecule has 0 unspecified atom stereocenters. The van der Waals surface area contributed by atoms with Gasteiger partial charge in [-0.25, -0.2) is 0 Å². The van der Waals surface area contributed by atoms with E-state index >= 15 is 0 Å². The van der Waals surface area contributed by atoms with E-state index in [2.05, 4.69) is 59.6 Å². The van der Waals surface area contributed by atoms with Crippen molar-refractivity contribution in [2.75, 3.05) is 6.54 Å². The molecule has 1 heterocycles. The number of rotatable bonds is 1. The van der Waals surface area contributed by atoms with Crippen molar-refractivity contribution in [3.63, 3.8) is 0 Å². The second kappa shape index (κ2) is 3.93. The minimum absolute atomic E-state index is 0.419. The summed E-state index contributed by atoms with van der Waals surface area (Å²) in [6, 6.07) is 19.1. The Labute approximate surface area is 95.5 Å². The maximum Gasteiger partial charge on any atom is 0.0499 e. The summed E-state index contributed by atoms with van der Waals surface area (Å²) in [4.78, 5) is 4.45. The highest BCUT2D eigenvalue weighted by Crippen LogP contribution is 2.29. The summed E-state index contributed by atoms with van der Waals surface area (Å²) in [5.74, 6) is 0.419. The molecule has 1 nitrogen and oxygen atoms in total. The molecule has 0 radical (unpaired) electrons. The molecule has 0 saturated carbocycles. The van der Waals surface area contributed by atoms with Crippen LogP contribution in [0, 0.1) is 0 Å². The highest BCUT2D eigenvalue weighted by molar-refractivity contribution is 5.83. The lowest BCUT2D eigenvalue weighted by Crippen LogP contribution is -2.12. The van der Waals surface area contributed by atoms with Crippen LogP contribution in [0.2, 0.25) is 0 Å². The van der Waals surface area contributed by atoms with Crippen LogP contribution >= 0.6 is 0 Å². The molecule has 16 heavy (non-hydrogen) atoms. The molecule has 0 amide bonds. The second-order valence-electron chi connectivity index (χ2n) is 4.09. The summed E-state index contributed by atoms with van der Waals surface area (Å²) >= 11 is 0. The fourth-order valence-corrected chi connectivity index (χ4v) is 2.27. The minimum atomic E-state index is 0.419. The maximum atomic E-state index is 4.45. The van der Waals surface area contributed by atoms with E-state index in [-0.39, 0.29) is 0 Å². The molecule has 0 fully saturated rings. The molecule has 3 rings (SSSR count). The third kappa shape index (κ3) is 1.54. The van der Waals surface area contributed by atoms with Gasteiger partial charge in [0.15, 0.2) is 0 Å². The molecular weight excluding hydrogens is 194 g/mol. The van der Waals surface area contributed by atoms with Gasteiger partial charge >= 0.3 is 0 Å². The SMILES string of the molecule is C1=NC[C@H](c2ccccc2)c2ccccc21. The van der Waals surface area contributed by atoms with Crippen molar-refractivity contribution in [3.05, 3.63) is 71.3 Å². The van der Waals surface area contributed by atoms with Gasteiger partial charge in [-0.3, -0.25) is 4.99 Å². The largest absolute Gasteiger partial charge is 0.292 e. The van der Waals surface area contributed by atoms with Crippen LogP contribution in [0.25, 0.3) is 0 Å². The van der Waals surface area contributed by atoms with Gasteiger partial charge in [0.1, 0.15) is 0 Å². The summed E-state index contributed by atoms with van der Waals surface area (Å²) in [5.41, 5.74) is 4.00. The lowest BCUT2D eigenvalue weighted by Gasteiger charge is -2.21. The number of aliphatic imine (C=N–C) groups is 1. The molecule has 0 aliphatic carbocycles. The Balaban J connectivity index is 2.09. The van der Waals surface area contributed by atoms with Gasteiger partial charge in [0.2, 0.25) is 0 Å². The lowest BCUT2D eigenvalue weighted by molar-refractivity contribution is 0.809. The zero-order valence-electron chi connectivity index (χ0n) is 9.01. The lowest BCUT2D eigenvalue weighted by atomic mass is 9.87. The standard InChI is InChI=1S/C15H13N/c1-2-6-12(7-3-1)15-11-16-10-13-8-4-5-9-14(13)15/h1-10,15H,11H2/t15-/m1/s1. The van der Waals surface area contributed by atoms with Crippen LogP contribution in [0.5, 0.6) is 0 Å². The molecule has 0 saturated heterocycles. The summed E-state index contributed by atoms with van der Waals surface area (Å²) in [7, 11) is 0. The zero-order chi connectivity index (χ0) is 10.8. The third-order valence-corrected chi connectivity index (χ3v) is 3.09. The van der Waals surface area contributed by atoms with Crippen molar-refractivity contribution in [2.24, 2.45) is 4.99 Å². The monoisotopic (exact) mass is 207 g/mol. The van der Waals surface area contributed by atoms with E-state index in [1.807, 2.05) is 6.21 Å². The summed E-state index contributed by atoms with van der Waals surface area (Å²) in [5, 5.41) is 0. The van der Waals surface area contributed by atoms with Crippen LogP contribution < -0.4 is 0 Å². The van der Waals surface area contributed by atoms with E-state index in [0.717, 1.165) is 6.54 Å². The number of benzene rings is 2. The first-order valence-corrected chi connectivity index (χ1v) is 5.59. The quantitative estimate of drug-likeness (QED) is 0.680. The van der Waals surface area contributed by atoms with Gasteiger partial charge in [-0.05, 0) is 16.7 Å². The zero-order valence-corrected chi connectivity index (χ0v) is 9.01. The molecule has 2 aromatic carbocycles. The normalized spacial score (nSPS) is 18.1. The summed E-state index contributed by atoms with van der Waals surface area (Å²) in [6.07, 6.45) is 1.98. The van der Waals surface area contributed by atoms with Gasteiger partial charge in [0.25, 0.3) is 0 Å². The average Bonchev–Trinajstić information content (AvgIpc) is 2.39. The van der Waals surface area contributed by atoms with Gasteiger partial charge in [-0.2, -0.15) is 0 Å². The van der Waals surface area contributed by atoms with Crippen molar-refractivity contribution in [3.8, 4) is 0 Å². The smallest absolute Gasteiger partial charge is 0.0499 e. The minimum Gasteiger partial charge on any atom is -0.292 e. The van der Waals surface area contributed by atoms with Crippen LogP contribution in [0.1, 0.15) is 22.6 Å². The molecule has 78 valence electrons. The third-order valence-electron chi connectivity index (χ3n) is 3.09. The van der Waals surface area contributed by atoms with Gasteiger partial charge in [-0.15, -0.1) is 0 Å². The molecule has 2 aromatic rings. The van der Waals surface area contributed by atoms with Crippen molar-refractivity contribution in [1.29, 1.82) is 0 Å². The predicted molar refractivity (Wildman–Crippen MR) is 67.2 cm³/mol. The number of hydrogen-bond acceptors (Lipinski definition) is 1. The van der Waals surface area contributed by atoms with Crippen molar-refractivity contribution >= 4 is 6.21 Å². The Bertz CT molecular complexity index is 514. The number of fused-ring (bicyclic) bond motifs is 1. The number of nitrogens with zero attached hydrogens (tertiary/aromatic N) is 1. The average molecular weight is 207 g/mol. The fourth-order valence-electron chi connectivity index (χ4n) is 2.27. The van der Waals surface area contributed by atoms with E-state index in [1.54, 1.807) is 0 Å². The Morgan fingerprint density at radius 1 is 0.875 bits per heavy atom. The first-order valence-electron chi connectivity index (χ1n) is 5.59. The van der Waals surface area contributed by atoms with Crippen molar-refractivity contribution in [2.45, 2.75) is 5.92 Å². The van der Waals surface area contributed by atoms with Crippen LogP contribution in [0.3, 0.4) is 0 Å². The van der Waals surface area contributed by atoms with E-state index in [0.29, 0.717) is 5.92 Å². The molecular formula is C15H13N. The second-order valence-corrected chi connectivity index (χ2v) is 4.09. The molecule has 1 aliphatic rings. The van der Waals surface area contributed by atoms with Crippen LogP contribution in [0.15, 0.2) is 59.6 Å². The Morgan fingerprint density at radius 2 is 1.62 bits per heavy atom. The van der Waals surface area contributed by atoms with E-state index < -0.39 is 0 Å². The molecule has 0 spiro atoms. The first kappa shape index (κ1) is 9.34. The molecule has 0 aromatic heterocycles. The highest BCUT2D eigenvalue weighted by atomic mass is 14.7. The van der Waals surface area contributed by atoms with Gasteiger partial charge in [0.05, 0.1) is 0 Å². The molecule has 0 N–H and O–H groups in total. The van der Waals surface area contributed by atoms with Crippen molar-refractivity contribution < 1.29 is 0 Å². The van der Waals surface area contributed by atoms with Crippen molar-refractivity contribution in [1.82, 2.24) is 0 Å². The molecule has 1 heteroatoms. The van der Waals surface area contributed by atoms with Gasteiger partial charge in [0, 0.05) is 18.7 Å². The summed E-state index contributed by atoms with van der Waals surface area (Å²) in [6.45, 7) is 0.862. The Hall–Kier alpha value is -1.89. The Morgan fingerprint density at radius 3 is 2.50 bits per heavy atom. The van der Waals surface area contributed by atoms with E-state index in [4.69, 9.17) is 0 Å². The van der Waals surface area contributed by atoms with E-state index in [1.165, 1.54) is 16.7 Å². The van der Waals surface area contributed by atoms with Crippen LogP contribution in [0.4, 0.5) is 0 Å².